The molecule has 17 heavy (non-hydrogen) atoms. The molecular formula is C13H16F2O2. The van der Waals surface area contributed by atoms with Crippen LogP contribution in [0.25, 0.3) is 0 Å². The van der Waals surface area contributed by atoms with E-state index in [1.54, 1.807) is 0 Å². The predicted octanol–water partition coefficient (Wildman–Crippen LogP) is 3.73. The zero-order chi connectivity index (χ0) is 12.4. The third kappa shape index (κ3) is 2.40. The minimum absolute atomic E-state index is 0.00514. The van der Waals surface area contributed by atoms with Crippen molar-refractivity contribution in [3.8, 4) is 0 Å². The van der Waals surface area contributed by atoms with Crippen LogP contribution in [0.1, 0.15) is 45.4 Å². The molecule has 0 spiro atoms. The summed E-state index contributed by atoms with van der Waals surface area (Å²) in [7, 11) is 0. The molecule has 1 aliphatic heterocycles. The predicted molar refractivity (Wildman–Crippen MR) is 59.5 cm³/mol. The number of hydrogen-bond acceptors (Lipinski definition) is 2. The lowest BCUT2D eigenvalue weighted by atomic mass is 9.92. The molecule has 0 aromatic heterocycles. The first-order chi connectivity index (χ1) is 8.13. The van der Waals surface area contributed by atoms with Crippen LogP contribution in [-0.2, 0) is 9.53 Å². The van der Waals surface area contributed by atoms with Gasteiger partial charge in [-0.1, -0.05) is 19.8 Å². The Bertz CT molecular complexity index is 396. The number of ether oxygens (including phenoxy) is 1. The fourth-order valence-electron chi connectivity index (χ4n) is 2.26. The highest BCUT2D eigenvalue weighted by Crippen LogP contribution is 2.38. The van der Waals surface area contributed by atoms with E-state index < -0.39 is 17.4 Å². The summed E-state index contributed by atoms with van der Waals surface area (Å²) in [5, 5.41) is 0. The van der Waals surface area contributed by atoms with E-state index in [4.69, 9.17) is 4.74 Å². The lowest BCUT2D eigenvalue weighted by Crippen LogP contribution is -2.24. The van der Waals surface area contributed by atoms with Gasteiger partial charge in [0.05, 0.1) is 6.10 Å². The lowest BCUT2D eigenvalue weighted by molar-refractivity contribution is -0.117. The monoisotopic (exact) mass is 242 g/mol. The van der Waals surface area contributed by atoms with Crippen molar-refractivity contribution in [2.75, 3.05) is 0 Å². The zero-order valence-electron chi connectivity index (χ0n) is 9.89. The summed E-state index contributed by atoms with van der Waals surface area (Å²) in [5.41, 5.74) is 0.613. The molecule has 0 radical (unpaired) electrons. The fourth-order valence-corrected chi connectivity index (χ4v) is 2.26. The molecule has 2 nitrogen and oxygen atoms in total. The van der Waals surface area contributed by atoms with Crippen molar-refractivity contribution < 1.29 is 18.3 Å². The summed E-state index contributed by atoms with van der Waals surface area (Å²) >= 11 is 0. The van der Waals surface area contributed by atoms with Crippen LogP contribution < -0.4 is 0 Å². The van der Waals surface area contributed by atoms with Crippen molar-refractivity contribution in [3.05, 3.63) is 23.0 Å². The van der Waals surface area contributed by atoms with Gasteiger partial charge in [-0.2, -0.15) is 8.78 Å². The summed E-state index contributed by atoms with van der Waals surface area (Å²) in [6.45, 7) is 2.08. The number of Topliss-reactive ketones (excluding diaryl/α,β-unsaturated/α-hetero) is 1. The highest BCUT2D eigenvalue weighted by Gasteiger charge is 2.34. The molecule has 1 aliphatic carbocycles. The van der Waals surface area contributed by atoms with Crippen molar-refractivity contribution >= 4 is 5.78 Å². The van der Waals surface area contributed by atoms with Crippen LogP contribution in [0.3, 0.4) is 0 Å². The Morgan fingerprint density at radius 2 is 2.12 bits per heavy atom. The van der Waals surface area contributed by atoms with Crippen LogP contribution in [-0.4, -0.2) is 11.9 Å². The molecule has 4 heteroatoms. The van der Waals surface area contributed by atoms with E-state index in [-0.39, 0.29) is 18.3 Å². The Hall–Kier alpha value is -1.19. The molecule has 94 valence electrons. The van der Waals surface area contributed by atoms with Crippen LogP contribution in [0.5, 0.6) is 0 Å². The van der Waals surface area contributed by atoms with Crippen molar-refractivity contribution in [1.82, 2.24) is 0 Å². The molecule has 0 aromatic carbocycles. The van der Waals surface area contributed by atoms with Gasteiger partial charge in [-0.3, -0.25) is 4.79 Å². The van der Waals surface area contributed by atoms with Gasteiger partial charge in [0, 0.05) is 6.42 Å². The first kappa shape index (κ1) is 12.3. The number of allylic oxidation sites excluding steroid dienone is 3. The largest absolute Gasteiger partial charge is 0.487 e. The van der Waals surface area contributed by atoms with Gasteiger partial charge in [-0.05, 0) is 24.8 Å². The zero-order valence-corrected chi connectivity index (χ0v) is 9.89. The van der Waals surface area contributed by atoms with E-state index in [1.165, 1.54) is 0 Å². The number of ketones is 1. The Balaban J connectivity index is 2.13. The van der Waals surface area contributed by atoms with Gasteiger partial charge >= 0.3 is 0 Å². The minimum Gasteiger partial charge on any atom is -0.487 e. The molecule has 2 aliphatic rings. The van der Waals surface area contributed by atoms with E-state index in [0.717, 1.165) is 25.7 Å². The molecule has 0 fully saturated rings. The number of carbonyl (C=O) groups is 1. The number of rotatable bonds is 3. The average molecular weight is 242 g/mol. The minimum atomic E-state index is -1.28. The Morgan fingerprint density at radius 3 is 2.82 bits per heavy atom. The number of halogens is 2. The van der Waals surface area contributed by atoms with Crippen molar-refractivity contribution in [3.63, 3.8) is 0 Å². The molecule has 1 unspecified atom stereocenters. The second-order valence-electron chi connectivity index (χ2n) is 4.58. The fraction of sp³-hybridized carbons (Fsp3) is 0.615. The van der Waals surface area contributed by atoms with E-state index in [0.29, 0.717) is 12.0 Å². The van der Waals surface area contributed by atoms with Crippen molar-refractivity contribution in [2.24, 2.45) is 0 Å². The number of unbranched alkanes of at least 4 members (excludes halogenated alkanes) is 1. The second kappa shape index (κ2) is 4.98. The molecule has 0 amide bonds. The smallest absolute Gasteiger partial charge is 0.205 e. The van der Waals surface area contributed by atoms with Crippen LogP contribution >= 0.6 is 0 Å². The molecule has 1 atom stereocenters. The molecule has 0 aromatic rings. The third-order valence-corrected chi connectivity index (χ3v) is 3.26. The van der Waals surface area contributed by atoms with Gasteiger partial charge in [0.1, 0.15) is 0 Å². The Labute approximate surface area is 99.3 Å². The lowest BCUT2D eigenvalue weighted by Gasteiger charge is -2.29. The molecule has 2 rings (SSSR count). The molecule has 0 bridgehead atoms. The highest BCUT2D eigenvalue weighted by atomic mass is 19.2. The number of carbonyl (C=O) groups excluding carboxylic acids is 1. The standard InChI is InChI=1S/C13H16F2O2/c1-2-3-4-9-6-5-8-7-10(16)11(14)12(15)13(8)17-9/h9H,2-7H2,1H3. The SMILES string of the molecule is CCCCC1CCC2=C(O1)C(F)=C(F)C(=O)C2. The first-order valence-electron chi connectivity index (χ1n) is 6.11. The maximum absolute atomic E-state index is 13.6. The molecule has 0 N–H and O–H groups in total. The summed E-state index contributed by atoms with van der Waals surface area (Å²) in [4.78, 5) is 11.2. The quantitative estimate of drug-likeness (QED) is 0.753. The highest BCUT2D eigenvalue weighted by molar-refractivity contribution is 5.97. The van der Waals surface area contributed by atoms with E-state index >= 15 is 0 Å². The van der Waals surface area contributed by atoms with Crippen molar-refractivity contribution in [2.45, 2.75) is 51.6 Å². The first-order valence-corrected chi connectivity index (χ1v) is 6.11. The van der Waals surface area contributed by atoms with Gasteiger partial charge in [-0.25, -0.2) is 0 Å². The Morgan fingerprint density at radius 1 is 1.35 bits per heavy atom. The van der Waals surface area contributed by atoms with Gasteiger partial charge in [0.2, 0.25) is 11.7 Å². The topological polar surface area (TPSA) is 26.3 Å². The van der Waals surface area contributed by atoms with Gasteiger partial charge in [-0.15, -0.1) is 0 Å². The summed E-state index contributed by atoms with van der Waals surface area (Å²) < 4.78 is 32.2. The van der Waals surface area contributed by atoms with E-state index in [1.807, 2.05) is 0 Å². The Kier molecular flexibility index (Phi) is 3.60. The molecule has 0 saturated heterocycles. The van der Waals surface area contributed by atoms with Gasteiger partial charge in [0.15, 0.2) is 11.5 Å². The normalized spacial score (nSPS) is 24.9. The molecular weight excluding hydrogens is 226 g/mol. The van der Waals surface area contributed by atoms with Crippen LogP contribution in [0.15, 0.2) is 23.0 Å². The second-order valence-corrected chi connectivity index (χ2v) is 4.58. The van der Waals surface area contributed by atoms with Crippen LogP contribution in [0.4, 0.5) is 8.78 Å². The number of hydrogen-bond donors (Lipinski definition) is 0. The van der Waals surface area contributed by atoms with Crippen LogP contribution in [0, 0.1) is 0 Å². The summed E-state index contributed by atoms with van der Waals surface area (Å²) in [6.07, 6.45) is 4.28. The van der Waals surface area contributed by atoms with Gasteiger partial charge in [0.25, 0.3) is 0 Å². The van der Waals surface area contributed by atoms with E-state index in [9.17, 15) is 13.6 Å². The molecule has 0 saturated carbocycles. The summed E-state index contributed by atoms with van der Waals surface area (Å²) in [5.74, 6) is -3.15. The molecule has 1 heterocycles. The van der Waals surface area contributed by atoms with Gasteiger partial charge < -0.3 is 4.74 Å². The van der Waals surface area contributed by atoms with Crippen molar-refractivity contribution in [1.29, 1.82) is 0 Å². The van der Waals surface area contributed by atoms with E-state index in [2.05, 4.69) is 6.92 Å². The average Bonchev–Trinajstić information content (AvgIpc) is 2.34. The third-order valence-electron chi connectivity index (χ3n) is 3.26. The maximum atomic E-state index is 13.6. The van der Waals surface area contributed by atoms with Crippen LogP contribution in [0.2, 0.25) is 0 Å². The maximum Gasteiger partial charge on any atom is 0.205 e. The summed E-state index contributed by atoms with van der Waals surface area (Å²) in [6, 6.07) is 0.